The number of nitrogens with one attached hydrogen (secondary N) is 2. The van der Waals surface area contributed by atoms with Gasteiger partial charge >= 0.3 is 6.09 Å². The largest absolute Gasteiger partial charge is 0.445 e. The lowest BCUT2D eigenvalue weighted by atomic mass is 9.71. The second-order valence-electron chi connectivity index (χ2n) is 12.4. The highest BCUT2D eigenvalue weighted by Gasteiger charge is 2.35. The third-order valence-corrected chi connectivity index (χ3v) is 9.35. The monoisotopic (exact) mass is 639 g/mol. The molecule has 4 aromatic rings. The Morgan fingerprint density at radius 2 is 1.28 bits per heavy atom. The quantitative estimate of drug-likeness (QED) is 0.161. The molecule has 0 aliphatic carbocycles. The minimum atomic E-state index is -0.615. The number of benzene rings is 4. The number of nitrogens with zero attached hydrogens (tertiary/aromatic N) is 1. The molecule has 6 nitrogen and oxygen atoms in total. The van der Waals surface area contributed by atoms with E-state index in [0.717, 1.165) is 50.9 Å². The molecule has 0 radical (unpaired) electrons. The van der Waals surface area contributed by atoms with Crippen molar-refractivity contribution in [2.45, 2.75) is 50.0 Å². The van der Waals surface area contributed by atoms with Gasteiger partial charge in [0.05, 0.1) is 6.54 Å². The highest BCUT2D eigenvalue weighted by molar-refractivity contribution is 5.85. The smallest absolute Gasteiger partial charge is 0.407 e. The van der Waals surface area contributed by atoms with Crippen molar-refractivity contribution in [3.8, 4) is 0 Å². The molecule has 0 bridgehead atoms. The number of rotatable bonds is 13. The Morgan fingerprint density at radius 1 is 0.761 bits per heavy atom. The van der Waals surface area contributed by atoms with Gasteiger partial charge in [-0.25, -0.2) is 4.79 Å². The van der Waals surface area contributed by atoms with E-state index in [1.54, 1.807) is 0 Å². The minimum absolute atomic E-state index is 0. The Labute approximate surface area is 280 Å². The number of carbonyl (C=O) groups is 2. The van der Waals surface area contributed by atoms with Gasteiger partial charge in [-0.3, -0.25) is 4.79 Å². The van der Waals surface area contributed by atoms with Crippen LogP contribution in [0.25, 0.3) is 0 Å². The summed E-state index contributed by atoms with van der Waals surface area (Å²) < 4.78 is 5.28. The van der Waals surface area contributed by atoms with Crippen molar-refractivity contribution >= 4 is 24.4 Å². The molecule has 2 amide bonds. The number of hydrogen-bond donors (Lipinski definition) is 2. The average molecular weight is 640 g/mol. The van der Waals surface area contributed by atoms with Crippen molar-refractivity contribution in [1.29, 1.82) is 0 Å². The summed E-state index contributed by atoms with van der Waals surface area (Å²) in [6.07, 6.45) is 3.55. The third-order valence-electron chi connectivity index (χ3n) is 9.35. The van der Waals surface area contributed by atoms with Crippen molar-refractivity contribution in [1.82, 2.24) is 15.5 Å². The number of carbonyl (C=O) groups excluding carboxylic acids is 2. The van der Waals surface area contributed by atoms with Gasteiger partial charge in [0.25, 0.3) is 0 Å². The Kier molecular flexibility index (Phi) is 12.8. The molecule has 1 heterocycles. The number of hydrogen-bond acceptors (Lipinski definition) is 4. The standard InChI is InChI=1S/C39H45N3O3.ClH/c1-38(33-17-8-3-9-18-33)24-27-42(28-25-38)26-14-23-39(34-19-10-4-11-20-34,35-21-12-5-13-22-35)31-41-36(43)29-40-37(44)45-30-32-15-6-2-7-16-32;/h2-13,15-22H,14,23-31H2,1H3,(H,40,44)(H,41,43);1H. The van der Waals surface area contributed by atoms with E-state index in [9.17, 15) is 9.59 Å². The normalized spacial score (nSPS) is 14.5. The summed E-state index contributed by atoms with van der Waals surface area (Å²) in [6, 6.07) is 41.3. The maximum Gasteiger partial charge on any atom is 0.407 e. The van der Waals surface area contributed by atoms with E-state index >= 15 is 0 Å². The van der Waals surface area contributed by atoms with E-state index in [1.165, 1.54) is 16.7 Å². The van der Waals surface area contributed by atoms with Crippen LogP contribution >= 0.6 is 12.4 Å². The Balaban J connectivity index is 0.00000480. The predicted molar refractivity (Wildman–Crippen MR) is 187 cm³/mol. The average Bonchev–Trinajstić information content (AvgIpc) is 3.10. The van der Waals surface area contributed by atoms with Crippen molar-refractivity contribution in [2.75, 3.05) is 32.7 Å². The summed E-state index contributed by atoms with van der Waals surface area (Å²) in [5.74, 6) is -0.251. The van der Waals surface area contributed by atoms with E-state index < -0.39 is 11.5 Å². The number of likely N-dealkylation sites (tertiary alicyclic amines) is 1. The predicted octanol–water partition coefficient (Wildman–Crippen LogP) is 7.27. The molecule has 4 aromatic carbocycles. The third kappa shape index (κ3) is 9.21. The first kappa shape index (κ1) is 34.7. The Bertz CT molecular complexity index is 1440. The highest BCUT2D eigenvalue weighted by Crippen LogP contribution is 2.38. The van der Waals surface area contributed by atoms with Crippen LogP contribution in [0, 0.1) is 0 Å². The molecule has 1 saturated heterocycles. The van der Waals surface area contributed by atoms with Crippen LogP contribution in [0.5, 0.6) is 0 Å². The van der Waals surface area contributed by atoms with Gasteiger partial charge in [0, 0.05) is 12.0 Å². The van der Waals surface area contributed by atoms with Crippen LogP contribution in [0.15, 0.2) is 121 Å². The maximum atomic E-state index is 13.0. The SMILES string of the molecule is CC1(c2ccccc2)CCN(CCCC(CNC(=O)CNC(=O)OCc2ccccc2)(c2ccccc2)c2ccccc2)CC1.Cl. The van der Waals surface area contributed by atoms with Gasteiger partial charge in [0.1, 0.15) is 6.61 Å². The summed E-state index contributed by atoms with van der Waals surface area (Å²) in [6.45, 7) is 6.00. The lowest BCUT2D eigenvalue weighted by Gasteiger charge is -2.41. The summed E-state index contributed by atoms with van der Waals surface area (Å²) in [4.78, 5) is 27.9. The molecular weight excluding hydrogens is 594 g/mol. The van der Waals surface area contributed by atoms with Gasteiger partial charge in [0.15, 0.2) is 0 Å². The molecule has 0 atom stereocenters. The van der Waals surface area contributed by atoms with E-state index in [1.807, 2.05) is 42.5 Å². The Hall–Kier alpha value is -4.13. The van der Waals surface area contributed by atoms with Crippen molar-refractivity contribution < 1.29 is 14.3 Å². The number of alkyl carbamates (subject to hydrolysis) is 1. The van der Waals surface area contributed by atoms with Crippen LogP contribution in [-0.4, -0.2) is 49.6 Å². The Morgan fingerprint density at radius 3 is 1.85 bits per heavy atom. The summed E-state index contributed by atoms with van der Waals surface area (Å²) >= 11 is 0. The molecule has 242 valence electrons. The first-order valence-electron chi connectivity index (χ1n) is 16.1. The zero-order valence-corrected chi connectivity index (χ0v) is 27.5. The van der Waals surface area contributed by atoms with Crippen LogP contribution in [0.4, 0.5) is 4.79 Å². The van der Waals surface area contributed by atoms with Gasteiger partial charge in [-0.2, -0.15) is 0 Å². The number of ether oxygens (including phenoxy) is 1. The van der Waals surface area contributed by atoms with E-state index in [2.05, 4.69) is 101 Å². The molecule has 5 rings (SSSR count). The summed E-state index contributed by atoms with van der Waals surface area (Å²) in [5.41, 5.74) is 4.47. The molecule has 1 aliphatic rings. The molecular formula is C39H46ClN3O3. The van der Waals surface area contributed by atoms with Gasteiger partial charge in [-0.05, 0) is 73.0 Å². The van der Waals surface area contributed by atoms with Gasteiger partial charge in [0.2, 0.25) is 5.91 Å². The fourth-order valence-electron chi connectivity index (χ4n) is 6.50. The van der Waals surface area contributed by atoms with Gasteiger partial charge in [-0.1, -0.05) is 128 Å². The zero-order valence-electron chi connectivity index (χ0n) is 26.7. The van der Waals surface area contributed by atoms with Gasteiger partial charge < -0.3 is 20.3 Å². The van der Waals surface area contributed by atoms with E-state index in [0.29, 0.717) is 6.54 Å². The van der Waals surface area contributed by atoms with Crippen molar-refractivity contribution in [3.05, 3.63) is 144 Å². The van der Waals surface area contributed by atoms with Crippen LogP contribution in [0.2, 0.25) is 0 Å². The number of piperidine rings is 1. The highest BCUT2D eigenvalue weighted by atomic mass is 35.5. The van der Waals surface area contributed by atoms with Gasteiger partial charge in [-0.15, -0.1) is 12.4 Å². The fraction of sp³-hybridized carbons (Fsp3) is 0.333. The van der Waals surface area contributed by atoms with Crippen LogP contribution in [-0.2, 0) is 27.0 Å². The van der Waals surface area contributed by atoms with Crippen molar-refractivity contribution in [3.63, 3.8) is 0 Å². The van der Waals surface area contributed by atoms with E-state index in [-0.39, 0.29) is 36.9 Å². The number of amides is 2. The first-order chi connectivity index (χ1) is 22.0. The van der Waals surface area contributed by atoms with Crippen LogP contribution in [0.1, 0.15) is 54.9 Å². The lowest BCUT2D eigenvalue weighted by Crippen LogP contribution is -2.46. The number of halogens is 1. The lowest BCUT2D eigenvalue weighted by molar-refractivity contribution is -0.120. The van der Waals surface area contributed by atoms with Crippen molar-refractivity contribution in [2.24, 2.45) is 0 Å². The molecule has 0 aromatic heterocycles. The molecule has 7 heteroatoms. The first-order valence-corrected chi connectivity index (χ1v) is 16.1. The maximum absolute atomic E-state index is 13.0. The minimum Gasteiger partial charge on any atom is -0.445 e. The zero-order chi connectivity index (χ0) is 31.4. The second kappa shape index (κ2) is 17.0. The summed E-state index contributed by atoms with van der Waals surface area (Å²) in [7, 11) is 0. The van der Waals surface area contributed by atoms with Crippen LogP contribution < -0.4 is 10.6 Å². The molecule has 0 unspecified atom stereocenters. The molecule has 1 fully saturated rings. The van der Waals surface area contributed by atoms with Crippen LogP contribution in [0.3, 0.4) is 0 Å². The van der Waals surface area contributed by atoms with E-state index in [4.69, 9.17) is 4.74 Å². The molecule has 1 aliphatic heterocycles. The topological polar surface area (TPSA) is 70.7 Å². The second-order valence-corrected chi connectivity index (χ2v) is 12.4. The fourth-order valence-corrected chi connectivity index (χ4v) is 6.50. The molecule has 0 saturated carbocycles. The molecule has 46 heavy (non-hydrogen) atoms. The molecule has 0 spiro atoms. The molecule has 2 N–H and O–H groups in total. The summed E-state index contributed by atoms with van der Waals surface area (Å²) in [5, 5.41) is 5.74.